The van der Waals surface area contributed by atoms with Crippen molar-refractivity contribution in [3.8, 4) is 22.6 Å². The zero-order valence-electron chi connectivity index (χ0n) is 15.7. The van der Waals surface area contributed by atoms with Crippen molar-refractivity contribution in [3.05, 3.63) is 72.8 Å². The van der Waals surface area contributed by atoms with Gasteiger partial charge in [-0.1, -0.05) is 67.1 Å². The summed E-state index contributed by atoms with van der Waals surface area (Å²) in [5.74, 6) is 1.80. The van der Waals surface area contributed by atoms with Crippen molar-refractivity contribution in [3.63, 3.8) is 0 Å². The van der Waals surface area contributed by atoms with E-state index in [1.165, 1.54) is 19.3 Å². The van der Waals surface area contributed by atoms with Crippen LogP contribution in [0.1, 0.15) is 19.3 Å². The van der Waals surface area contributed by atoms with Crippen molar-refractivity contribution in [1.82, 2.24) is 0 Å². The standard InChI is InChI=1S/C25H22O2.H2S/c26-22-14-12-18-8-1-3-10-20(18)24(22)25-21-11-4-2-9-19(21)13-15-23(25)27-16-17-6-5-7-17;/h1-4,8-15,17,26H,5-7,16H2;1H2. The highest BCUT2D eigenvalue weighted by molar-refractivity contribution is 7.59. The van der Waals surface area contributed by atoms with Crippen LogP contribution in [0.3, 0.4) is 0 Å². The number of ether oxygens (including phenoxy) is 1. The normalized spacial score (nSPS) is 13.9. The number of phenols is 1. The van der Waals surface area contributed by atoms with E-state index in [2.05, 4.69) is 36.4 Å². The second kappa shape index (κ2) is 7.76. The zero-order chi connectivity index (χ0) is 18.2. The number of hydrogen-bond donors (Lipinski definition) is 1. The summed E-state index contributed by atoms with van der Waals surface area (Å²) in [5, 5.41) is 15.2. The average molecular weight is 389 g/mol. The van der Waals surface area contributed by atoms with Crippen molar-refractivity contribution < 1.29 is 9.84 Å². The fourth-order valence-corrected chi connectivity index (χ4v) is 4.02. The molecule has 4 aromatic rings. The Hall–Kier alpha value is -2.65. The number of phenolic OH excluding ortho intramolecular Hbond substituents is 1. The number of benzene rings is 4. The second-order valence-electron chi connectivity index (χ2n) is 7.45. The Morgan fingerprint density at radius 1 is 0.750 bits per heavy atom. The Kier molecular flexibility index (Phi) is 5.19. The first-order valence-electron chi connectivity index (χ1n) is 9.67. The summed E-state index contributed by atoms with van der Waals surface area (Å²) in [6.07, 6.45) is 3.81. The second-order valence-corrected chi connectivity index (χ2v) is 7.45. The summed E-state index contributed by atoms with van der Waals surface area (Å²) < 4.78 is 6.30. The Balaban J connectivity index is 0.00000192. The van der Waals surface area contributed by atoms with Crippen molar-refractivity contribution in [2.75, 3.05) is 6.61 Å². The van der Waals surface area contributed by atoms with Gasteiger partial charge in [0.25, 0.3) is 0 Å². The van der Waals surface area contributed by atoms with Crippen LogP contribution in [0.5, 0.6) is 11.5 Å². The minimum Gasteiger partial charge on any atom is -0.507 e. The quantitative estimate of drug-likeness (QED) is 0.424. The van der Waals surface area contributed by atoms with Crippen LogP contribution < -0.4 is 4.74 Å². The maximum absolute atomic E-state index is 10.8. The van der Waals surface area contributed by atoms with E-state index in [4.69, 9.17) is 4.74 Å². The highest BCUT2D eigenvalue weighted by atomic mass is 32.1. The molecule has 0 unspecified atom stereocenters. The monoisotopic (exact) mass is 388 g/mol. The first-order chi connectivity index (χ1) is 13.3. The third-order valence-corrected chi connectivity index (χ3v) is 5.75. The van der Waals surface area contributed by atoms with Gasteiger partial charge in [-0.15, -0.1) is 0 Å². The number of aromatic hydroxyl groups is 1. The fraction of sp³-hybridized carbons (Fsp3) is 0.200. The smallest absolute Gasteiger partial charge is 0.127 e. The van der Waals surface area contributed by atoms with Gasteiger partial charge in [0, 0.05) is 11.1 Å². The van der Waals surface area contributed by atoms with E-state index in [0.29, 0.717) is 11.7 Å². The molecule has 0 heterocycles. The van der Waals surface area contributed by atoms with E-state index >= 15 is 0 Å². The lowest BCUT2D eigenvalue weighted by atomic mass is 9.86. The molecular weight excluding hydrogens is 364 g/mol. The van der Waals surface area contributed by atoms with Gasteiger partial charge in [0.1, 0.15) is 11.5 Å². The van der Waals surface area contributed by atoms with E-state index < -0.39 is 0 Å². The molecule has 1 aliphatic carbocycles. The number of rotatable bonds is 4. The topological polar surface area (TPSA) is 29.5 Å². The van der Waals surface area contributed by atoms with Gasteiger partial charge in [-0.2, -0.15) is 13.5 Å². The van der Waals surface area contributed by atoms with E-state index in [-0.39, 0.29) is 13.5 Å². The van der Waals surface area contributed by atoms with Crippen molar-refractivity contribution in [2.45, 2.75) is 19.3 Å². The molecule has 5 rings (SSSR count). The molecule has 2 nitrogen and oxygen atoms in total. The van der Waals surface area contributed by atoms with Gasteiger partial charge in [-0.3, -0.25) is 0 Å². The molecule has 0 radical (unpaired) electrons. The molecule has 0 spiro atoms. The third-order valence-electron chi connectivity index (χ3n) is 5.75. The van der Waals surface area contributed by atoms with Crippen molar-refractivity contribution in [2.24, 2.45) is 5.92 Å². The molecule has 4 aromatic carbocycles. The fourth-order valence-electron chi connectivity index (χ4n) is 4.02. The SMILES string of the molecule is Oc1ccc2ccccc2c1-c1c(OCC2CCC2)ccc2ccccc12.S. The van der Waals surface area contributed by atoms with Gasteiger partial charge >= 0.3 is 0 Å². The Morgan fingerprint density at radius 3 is 2.00 bits per heavy atom. The van der Waals surface area contributed by atoms with Crippen molar-refractivity contribution >= 4 is 35.0 Å². The number of hydrogen-bond acceptors (Lipinski definition) is 2. The highest BCUT2D eigenvalue weighted by Gasteiger charge is 2.21. The lowest BCUT2D eigenvalue weighted by Crippen LogP contribution is -2.19. The van der Waals surface area contributed by atoms with Crippen LogP contribution in [-0.4, -0.2) is 11.7 Å². The third kappa shape index (κ3) is 3.20. The van der Waals surface area contributed by atoms with Gasteiger partial charge < -0.3 is 9.84 Å². The summed E-state index contributed by atoms with van der Waals surface area (Å²) in [6, 6.07) is 24.4. The van der Waals surface area contributed by atoms with Crippen LogP contribution in [0.25, 0.3) is 32.7 Å². The molecule has 0 aromatic heterocycles. The van der Waals surface area contributed by atoms with Crippen LogP contribution in [-0.2, 0) is 0 Å². The molecule has 3 heteroatoms. The van der Waals surface area contributed by atoms with Crippen LogP contribution in [0.15, 0.2) is 72.8 Å². The Bertz CT molecular complexity index is 1130. The molecule has 0 saturated heterocycles. The Morgan fingerprint density at radius 2 is 1.36 bits per heavy atom. The lowest BCUT2D eigenvalue weighted by Gasteiger charge is -2.26. The van der Waals surface area contributed by atoms with Crippen LogP contribution >= 0.6 is 13.5 Å². The van der Waals surface area contributed by atoms with Gasteiger partial charge in [0.2, 0.25) is 0 Å². The van der Waals surface area contributed by atoms with E-state index in [0.717, 1.165) is 45.0 Å². The van der Waals surface area contributed by atoms with Crippen molar-refractivity contribution in [1.29, 1.82) is 0 Å². The van der Waals surface area contributed by atoms with E-state index in [1.54, 1.807) is 6.07 Å². The van der Waals surface area contributed by atoms with Gasteiger partial charge in [-0.25, -0.2) is 0 Å². The molecule has 1 N–H and O–H groups in total. The summed E-state index contributed by atoms with van der Waals surface area (Å²) in [4.78, 5) is 0. The predicted molar refractivity (Wildman–Crippen MR) is 122 cm³/mol. The molecule has 0 amide bonds. The minimum atomic E-state index is 0. The Labute approximate surface area is 172 Å². The molecule has 142 valence electrons. The molecule has 1 saturated carbocycles. The summed E-state index contributed by atoms with van der Waals surface area (Å²) in [6.45, 7) is 0.747. The van der Waals surface area contributed by atoms with Crippen LogP contribution in [0.2, 0.25) is 0 Å². The maximum Gasteiger partial charge on any atom is 0.127 e. The van der Waals surface area contributed by atoms with Gasteiger partial charge in [0.15, 0.2) is 0 Å². The summed E-state index contributed by atoms with van der Waals surface area (Å²) in [7, 11) is 0. The lowest BCUT2D eigenvalue weighted by molar-refractivity contribution is 0.181. The first kappa shape index (κ1) is 18.7. The maximum atomic E-state index is 10.8. The molecule has 0 atom stereocenters. The first-order valence-corrected chi connectivity index (χ1v) is 9.67. The predicted octanol–water partition coefficient (Wildman–Crippen LogP) is 6.66. The largest absolute Gasteiger partial charge is 0.507 e. The summed E-state index contributed by atoms with van der Waals surface area (Å²) in [5.41, 5.74) is 1.84. The highest BCUT2D eigenvalue weighted by Crippen LogP contribution is 2.45. The molecule has 0 bridgehead atoms. The molecule has 28 heavy (non-hydrogen) atoms. The van der Waals surface area contributed by atoms with Gasteiger partial charge in [-0.05, 0) is 52.4 Å². The molecule has 0 aliphatic heterocycles. The number of fused-ring (bicyclic) bond motifs is 2. The van der Waals surface area contributed by atoms with Gasteiger partial charge in [0.05, 0.1) is 6.61 Å². The zero-order valence-corrected chi connectivity index (χ0v) is 16.7. The average Bonchev–Trinajstić information content (AvgIpc) is 2.67. The van der Waals surface area contributed by atoms with Crippen LogP contribution in [0, 0.1) is 5.92 Å². The van der Waals surface area contributed by atoms with E-state index in [9.17, 15) is 5.11 Å². The molecule has 1 aliphatic rings. The van der Waals surface area contributed by atoms with Crippen LogP contribution in [0.4, 0.5) is 0 Å². The molecular formula is C25H24O2S. The minimum absolute atomic E-state index is 0. The van der Waals surface area contributed by atoms with E-state index in [1.807, 2.05) is 30.3 Å². The summed E-state index contributed by atoms with van der Waals surface area (Å²) >= 11 is 0. The molecule has 1 fully saturated rings.